The molecule has 0 amide bonds. The van der Waals surface area contributed by atoms with E-state index >= 15 is 0 Å². The zero-order chi connectivity index (χ0) is 15.2. The third-order valence-corrected chi connectivity index (χ3v) is 6.63. The van der Waals surface area contributed by atoms with Crippen molar-refractivity contribution in [2.24, 2.45) is 5.92 Å². The van der Waals surface area contributed by atoms with Crippen molar-refractivity contribution in [2.45, 2.75) is 38.9 Å². The first-order valence-electron chi connectivity index (χ1n) is 7.09. The Hall–Kier alpha value is -1.21. The lowest BCUT2D eigenvalue weighted by atomic mass is 10.1. The standard InChI is InChI=1S/C14H18N2O3S2/c1-8(2)3-4-11-15-13(17)12-9-5-6-21(18,19)7-10(9)20-14(12)16-11/h8H,3-7H2,1-2H3,(H,15,16,17). The molecule has 5 nitrogen and oxygen atoms in total. The van der Waals surface area contributed by atoms with Gasteiger partial charge in [0.1, 0.15) is 10.7 Å². The number of aromatic nitrogens is 2. The molecule has 0 fully saturated rings. The average Bonchev–Trinajstić information content (AvgIpc) is 2.72. The molecule has 0 saturated heterocycles. The Balaban J connectivity index is 2.07. The van der Waals surface area contributed by atoms with Crippen LogP contribution in [-0.4, -0.2) is 24.1 Å². The van der Waals surface area contributed by atoms with Crippen molar-refractivity contribution >= 4 is 31.4 Å². The molecule has 114 valence electrons. The van der Waals surface area contributed by atoms with Gasteiger partial charge in [-0.2, -0.15) is 0 Å². The minimum Gasteiger partial charge on any atom is -0.310 e. The topological polar surface area (TPSA) is 79.9 Å². The fraction of sp³-hybridized carbons (Fsp3) is 0.571. The Morgan fingerprint density at radius 1 is 1.38 bits per heavy atom. The Kier molecular flexibility index (Phi) is 3.65. The molecule has 0 saturated carbocycles. The van der Waals surface area contributed by atoms with Gasteiger partial charge >= 0.3 is 0 Å². The highest BCUT2D eigenvalue weighted by molar-refractivity contribution is 7.90. The van der Waals surface area contributed by atoms with Crippen molar-refractivity contribution in [3.8, 4) is 0 Å². The Morgan fingerprint density at radius 2 is 2.14 bits per heavy atom. The van der Waals surface area contributed by atoms with E-state index in [0.29, 0.717) is 28.4 Å². The van der Waals surface area contributed by atoms with E-state index in [2.05, 4.69) is 23.8 Å². The summed E-state index contributed by atoms with van der Waals surface area (Å²) < 4.78 is 23.4. The summed E-state index contributed by atoms with van der Waals surface area (Å²) in [6.07, 6.45) is 2.13. The molecule has 1 N–H and O–H groups in total. The lowest BCUT2D eigenvalue weighted by Gasteiger charge is -2.11. The minimum atomic E-state index is -3.02. The number of H-pyrrole nitrogens is 1. The van der Waals surface area contributed by atoms with Crippen molar-refractivity contribution in [3.63, 3.8) is 0 Å². The molecule has 0 unspecified atom stereocenters. The molecule has 0 atom stereocenters. The van der Waals surface area contributed by atoms with E-state index in [-0.39, 0.29) is 17.1 Å². The fourth-order valence-corrected chi connectivity index (χ4v) is 5.65. The number of fused-ring (bicyclic) bond motifs is 3. The van der Waals surface area contributed by atoms with E-state index in [1.54, 1.807) is 0 Å². The number of aromatic amines is 1. The average molecular weight is 326 g/mol. The number of aryl methyl sites for hydroxylation is 2. The summed E-state index contributed by atoms with van der Waals surface area (Å²) in [7, 11) is -3.02. The number of hydrogen-bond donors (Lipinski definition) is 1. The van der Waals surface area contributed by atoms with Crippen molar-refractivity contribution in [1.82, 2.24) is 9.97 Å². The summed E-state index contributed by atoms with van der Waals surface area (Å²) in [4.78, 5) is 21.1. The summed E-state index contributed by atoms with van der Waals surface area (Å²) in [5.74, 6) is 1.42. The van der Waals surface area contributed by atoms with Gasteiger partial charge in [0, 0.05) is 11.3 Å². The van der Waals surface area contributed by atoms with Gasteiger partial charge in [0.2, 0.25) is 0 Å². The van der Waals surface area contributed by atoms with Gasteiger partial charge in [-0.05, 0) is 24.3 Å². The monoisotopic (exact) mass is 326 g/mol. The van der Waals surface area contributed by atoms with Gasteiger partial charge in [-0.25, -0.2) is 13.4 Å². The van der Waals surface area contributed by atoms with Gasteiger partial charge in [0.05, 0.1) is 16.9 Å². The lowest BCUT2D eigenvalue weighted by Crippen LogP contribution is -2.19. The van der Waals surface area contributed by atoms with E-state index < -0.39 is 9.84 Å². The zero-order valence-corrected chi connectivity index (χ0v) is 13.7. The van der Waals surface area contributed by atoms with E-state index in [9.17, 15) is 13.2 Å². The maximum absolute atomic E-state index is 12.3. The molecular formula is C14H18N2O3S2. The first kappa shape index (κ1) is 14.7. The van der Waals surface area contributed by atoms with Crippen LogP contribution in [0.3, 0.4) is 0 Å². The molecule has 3 heterocycles. The number of sulfone groups is 1. The van der Waals surface area contributed by atoms with Gasteiger partial charge in [0.25, 0.3) is 5.56 Å². The van der Waals surface area contributed by atoms with Crippen LogP contribution in [0.5, 0.6) is 0 Å². The Morgan fingerprint density at radius 3 is 2.86 bits per heavy atom. The van der Waals surface area contributed by atoms with E-state index in [0.717, 1.165) is 23.3 Å². The zero-order valence-electron chi connectivity index (χ0n) is 12.1. The van der Waals surface area contributed by atoms with Crippen LogP contribution in [0.1, 0.15) is 36.5 Å². The predicted octanol–water partition coefficient (Wildman–Crippen LogP) is 2.04. The fourth-order valence-electron chi connectivity index (χ4n) is 2.61. The van der Waals surface area contributed by atoms with E-state index in [1.165, 1.54) is 11.3 Å². The van der Waals surface area contributed by atoms with Crippen molar-refractivity contribution in [1.29, 1.82) is 0 Å². The molecule has 0 radical (unpaired) electrons. The third kappa shape index (κ3) is 2.89. The predicted molar refractivity (Wildman–Crippen MR) is 84.6 cm³/mol. The van der Waals surface area contributed by atoms with Crippen molar-refractivity contribution in [2.75, 3.05) is 5.75 Å². The number of nitrogens with zero attached hydrogens (tertiary/aromatic N) is 1. The van der Waals surface area contributed by atoms with Crippen LogP contribution in [-0.2, 0) is 28.4 Å². The lowest BCUT2D eigenvalue weighted by molar-refractivity contribution is 0.575. The summed E-state index contributed by atoms with van der Waals surface area (Å²) in [5, 5.41) is 0.596. The maximum Gasteiger partial charge on any atom is 0.259 e. The number of thiophene rings is 1. The van der Waals surface area contributed by atoms with E-state index in [1.807, 2.05) is 0 Å². The molecule has 1 aliphatic rings. The summed E-state index contributed by atoms with van der Waals surface area (Å²) in [6.45, 7) is 4.26. The highest BCUT2D eigenvalue weighted by atomic mass is 32.2. The van der Waals surface area contributed by atoms with Crippen LogP contribution >= 0.6 is 11.3 Å². The van der Waals surface area contributed by atoms with Crippen LogP contribution in [0.25, 0.3) is 10.2 Å². The molecule has 2 aromatic rings. The van der Waals surface area contributed by atoms with Gasteiger partial charge in [-0.1, -0.05) is 13.8 Å². The van der Waals surface area contributed by atoms with Gasteiger partial charge < -0.3 is 4.98 Å². The maximum atomic E-state index is 12.3. The SMILES string of the molecule is CC(C)CCc1nc2sc3c(c2c(=O)[nH]1)CCS(=O)(=O)C3. The number of hydrogen-bond acceptors (Lipinski definition) is 5. The van der Waals surface area contributed by atoms with Crippen molar-refractivity contribution < 1.29 is 8.42 Å². The number of nitrogens with one attached hydrogen (secondary N) is 1. The summed E-state index contributed by atoms with van der Waals surface area (Å²) >= 11 is 1.35. The quantitative estimate of drug-likeness (QED) is 0.936. The summed E-state index contributed by atoms with van der Waals surface area (Å²) in [5.41, 5.74) is 0.754. The van der Waals surface area contributed by atoms with E-state index in [4.69, 9.17) is 0 Å². The largest absolute Gasteiger partial charge is 0.310 e. The van der Waals surface area contributed by atoms with Crippen LogP contribution < -0.4 is 5.56 Å². The molecule has 0 bridgehead atoms. The van der Waals surface area contributed by atoms with Crippen LogP contribution in [0, 0.1) is 5.92 Å². The second-order valence-corrected chi connectivity index (χ2v) is 9.24. The van der Waals surface area contributed by atoms with Crippen LogP contribution in [0.4, 0.5) is 0 Å². The normalized spacial score (nSPS) is 17.3. The molecule has 3 rings (SSSR count). The summed E-state index contributed by atoms with van der Waals surface area (Å²) in [6, 6.07) is 0. The number of rotatable bonds is 3. The van der Waals surface area contributed by atoms with Crippen molar-refractivity contribution in [3.05, 3.63) is 26.6 Å². The van der Waals surface area contributed by atoms with Gasteiger partial charge in [-0.3, -0.25) is 4.79 Å². The van der Waals surface area contributed by atoms with Crippen LogP contribution in [0.15, 0.2) is 4.79 Å². The second-order valence-electron chi connectivity index (χ2n) is 5.97. The highest BCUT2D eigenvalue weighted by Crippen LogP contribution is 2.33. The molecule has 7 heteroatoms. The van der Waals surface area contributed by atoms with Crippen LogP contribution in [0.2, 0.25) is 0 Å². The first-order valence-corrected chi connectivity index (χ1v) is 9.73. The molecule has 0 spiro atoms. The molecule has 2 aromatic heterocycles. The molecule has 0 aliphatic carbocycles. The highest BCUT2D eigenvalue weighted by Gasteiger charge is 2.27. The molecule has 21 heavy (non-hydrogen) atoms. The molecule has 1 aliphatic heterocycles. The molecule has 0 aromatic carbocycles. The Bertz CT molecular complexity index is 847. The van der Waals surface area contributed by atoms with Gasteiger partial charge in [0.15, 0.2) is 9.84 Å². The van der Waals surface area contributed by atoms with Gasteiger partial charge in [-0.15, -0.1) is 11.3 Å². The Labute approximate surface area is 127 Å². The first-order chi connectivity index (χ1) is 9.85. The third-order valence-electron chi connectivity index (χ3n) is 3.77. The molecular weight excluding hydrogens is 308 g/mol. The smallest absolute Gasteiger partial charge is 0.259 e. The minimum absolute atomic E-state index is 0.0458. The second kappa shape index (κ2) is 5.21.